The van der Waals surface area contributed by atoms with Crippen LogP contribution in [0.3, 0.4) is 0 Å². The van der Waals surface area contributed by atoms with Crippen LogP contribution in [0.4, 0.5) is 11.4 Å². The SMILES string of the molecule is COc1cc(Br)cc(Nc2cccnc2)c1. The van der Waals surface area contributed by atoms with Crippen molar-refractivity contribution in [2.24, 2.45) is 0 Å². The van der Waals surface area contributed by atoms with E-state index in [0.29, 0.717) is 0 Å². The van der Waals surface area contributed by atoms with Gasteiger partial charge < -0.3 is 10.1 Å². The summed E-state index contributed by atoms with van der Waals surface area (Å²) >= 11 is 3.43. The van der Waals surface area contributed by atoms with Crippen LogP contribution in [0.25, 0.3) is 0 Å². The van der Waals surface area contributed by atoms with Crippen LogP contribution >= 0.6 is 15.9 Å². The van der Waals surface area contributed by atoms with Crippen LogP contribution in [0, 0.1) is 0 Å². The fraction of sp³-hybridized carbons (Fsp3) is 0.0833. The smallest absolute Gasteiger partial charge is 0.122 e. The summed E-state index contributed by atoms with van der Waals surface area (Å²) in [5.74, 6) is 0.806. The summed E-state index contributed by atoms with van der Waals surface area (Å²) in [5, 5.41) is 3.25. The molecular weight excluding hydrogens is 268 g/mol. The quantitative estimate of drug-likeness (QED) is 0.932. The van der Waals surface area contributed by atoms with Crippen LogP contribution < -0.4 is 10.1 Å². The molecule has 1 heterocycles. The molecule has 0 atom stereocenters. The molecule has 0 aliphatic heterocycles. The molecule has 1 aromatic heterocycles. The van der Waals surface area contributed by atoms with Gasteiger partial charge in [-0.15, -0.1) is 0 Å². The Bertz CT molecular complexity index is 474. The van der Waals surface area contributed by atoms with Crippen molar-refractivity contribution in [3.05, 3.63) is 47.2 Å². The van der Waals surface area contributed by atoms with Gasteiger partial charge in [0.2, 0.25) is 0 Å². The number of anilines is 2. The van der Waals surface area contributed by atoms with E-state index in [4.69, 9.17) is 4.74 Å². The standard InChI is InChI=1S/C12H11BrN2O/c1-16-12-6-9(13)5-11(7-12)15-10-3-2-4-14-8-10/h2-8,15H,1H3. The van der Waals surface area contributed by atoms with Crippen LogP contribution in [0.1, 0.15) is 0 Å². The Morgan fingerprint density at radius 1 is 1.25 bits per heavy atom. The number of aromatic nitrogens is 1. The molecule has 16 heavy (non-hydrogen) atoms. The molecule has 0 radical (unpaired) electrons. The Hall–Kier alpha value is -1.55. The van der Waals surface area contributed by atoms with E-state index in [1.54, 1.807) is 19.5 Å². The van der Waals surface area contributed by atoms with Gasteiger partial charge in [-0.1, -0.05) is 15.9 Å². The first-order valence-corrected chi connectivity index (χ1v) is 5.59. The van der Waals surface area contributed by atoms with Crippen molar-refractivity contribution in [3.8, 4) is 5.75 Å². The molecule has 3 nitrogen and oxygen atoms in total. The Morgan fingerprint density at radius 2 is 2.12 bits per heavy atom. The summed E-state index contributed by atoms with van der Waals surface area (Å²) in [5.41, 5.74) is 1.90. The molecule has 4 heteroatoms. The minimum Gasteiger partial charge on any atom is -0.497 e. The molecular formula is C12H11BrN2O. The van der Waals surface area contributed by atoms with Crippen molar-refractivity contribution >= 4 is 27.3 Å². The number of hydrogen-bond acceptors (Lipinski definition) is 3. The molecule has 1 N–H and O–H groups in total. The van der Waals surface area contributed by atoms with Gasteiger partial charge in [-0.05, 0) is 24.3 Å². The molecule has 82 valence electrons. The van der Waals surface area contributed by atoms with Gasteiger partial charge in [0.15, 0.2) is 0 Å². The molecule has 0 amide bonds. The van der Waals surface area contributed by atoms with Crippen molar-refractivity contribution < 1.29 is 4.74 Å². The lowest BCUT2D eigenvalue weighted by atomic mass is 10.3. The van der Waals surface area contributed by atoms with E-state index in [0.717, 1.165) is 21.6 Å². The molecule has 0 saturated carbocycles. The minimum absolute atomic E-state index is 0.806. The molecule has 0 aliphatic carbocycles. The van der Waals surface area contributed by atoms with Crippen LogP contribution in [-0.4, -0.2) is 12.1 Å². The second-order valence-electron chi connectivity index (χ2n) is 3.25. The fourth-order valence-electron chi connectivity index (χ4n) is 1.36. The average molecular weight is 279 g/mol. The molecule has 1 aromatic carbocycles. The Morgan fingerprint density at radius 3 is 2.81 bits per heavy atom. The third-order valence-electron chi connectivity index (χ3n) is 2.06. The fourth-order valence-corrected chi connectivity index (χ4v) is 1.83. The number of hydrogen-bond donors (Lipinski definition) is 1. The van der Waals surface area contributed by atoms with E-state index in [2.05, 4.69) is 26.2 Å². The van der Waals surface area contributed by atoms with Crippen LogP contribution in [0.5, 0.6) is 5.75 Å². The molecule has 2 rings (SSSR count). The maximum absolute atomic E-state index is 5.19. The van der Waals surface area contributed by atoms with E-state index in [9.17, 15) is 0 Å². The first kappa shape index (κ1) is 11.0. The number of nitrogens with one attached hydrogen (secondary N) is 1. The highest BCUT2D eigenvalue weighted by atomic mass is 79.9. The van der Waals surface area contributed by atoms with Gasteiger partial charge in [0, 0.05) is 22.4 Å². The van der Waals surface area contributed by atoms with Crippen molar-refractivity contribution in [2.45, 2.75) is 0 Å². The second-order valence-corrected chi connectivity index (χ2v) is 4.16. The summed E-state index contributed by atoms with van der Waals surface area (Å²) in [6.07, 6.45) is 3.51. The lowest BCUT2D eigenvalue weighted by Crippen LogP contribution is -1.92. The summed E-state index contributed by atoms with van der Waals surface area (Å²) < 4.78 is 6.16. The predicted molar refractivity (Wildman–Crippen MR) is 68.2 cm³/mol. The Kier molecular flexibility index (Phi) is 3.41. The van der Waals surface area contributed by atoms with Crippen LogP contribution in [0.2, 0.25) is 0 Å². The van der Waals surface area contributed by atoms with Gasteiger partial charge >= 0.3 is 0 Å². The van der Waals surface area contributed by atoms with Gasteiger partial charge in [0.1, 0.15) is 5.75 Å². The highest BCUT2D eigenvalue weighted by Gasteiger charge is 1.99. The zero-order valence-electron chi connectivity index (χ0n) is 8.77. The van der Waals surface area contributed by atoms with Crippen LogP contribution in [0.15, 0.2) is 47.2 Å². The van der Waals surface area contributed by atoms with Crippen molar-refractivity contribution in [1.82, 2.24) is 4.98 Å². The van der Waals surface area contributed by atoms with Gasteiger partial charge in [0.05, 0.1) is 19.0 Å². The van der Waals surface area contributed by atoms with Gasteiger partial charge in [-0.2, -0.15) is 0 Å². The summed E-state index contributed by atoms with van der Waals surface area (Å²) in [6.45, 7) is 0. The molecule has 0 fully saturated rings. The molecule has 2 aromatic rings. The highest BCUT2D eigenvalue weighted by molar-refractivity contribution is 9.10. The summed E-state index contributed by atoms with van der Waals surface area (Å²) in [6, 6.07) is 9.67. The van der Waals surface area contributed by atoms with E-state index in [1.165, 1.54) is 0 Å². The van der Waals surface area contributed by atoms with Crippen LogP contribution in [-0.2, 0) is 0 Å². The first-order chi connectivity index (χ1) is 7.78. The number of rotatable bonds is 3. The molecule has 0 bridgehead atoms. The number of pyridine rings is 1. The molecule has 0 aliphatic rings. The lowest BCUT2D eigenvalue weighted by molar-refractivity contribution is 0.415. The third-order valence-corrected chi connectivity index (χ3v) is 2.52. The lowest BCUT2D eigenvalue weighted by Gasteiger charge is -2.08. The second kappa shape index (κ2) is 4.99. The topological polar surface area (TPSA) is 34.1 Å². The highest BCUT2D eigenvalue weighted by Crippen LogP contribution is 2.26. The van der Waals surface area contributed by atoms with E-state index in [-0.39, 0.29) is 0 Å². The number of methoxy groups -OCH3 is 1. The zero-order chi connectivity index (χ0) is 11.4. The minimum atomic E-state index is 0.806. The number of halogens is 1. The Balaban J connectivity index is 2.24. The van der Waals surface area contributed by atoms with Gasteiger partial charge in [0.25, 0.3) is 0 Å². The number of benzene rings is 1. The van der Waals surface area contributed by atoms with E-state index < -0.39 is 0 Å². The largest absolute Gasteiger partial charge is 0.497 e. The predicted octanol–water partition coefficient (Wildman–Crippen LogP) is 3.60. The van der Waals surface area contributed by atoms with Gasteiger partial charge in [-0.25, -0.2) is 0 Å². The zero-order valence-corrected chi connectivity index (χ0v) is 10.4. The van der Waals surface area contributed by atoms with Crippen molar-refractivity contribution in [2.75, 3.05) is 12.4 Å². The van der Waals surface area contributed by atoms with E-state index >= 15 is 0 Å². The van der Waals surface area contributed by atoms with Crippen molar-refractivity contribution in [1.29, 1.82) is 0 Å². The monoisotopic (exact) mass is 278 g/mol. The third kappa shape index (κ3) is 2.73. The normalized spacial score (nSPS) is 9.88. The number of ether oxygens (including phenoxy) is 1. The molecule has 0 spiro atoms. The summed E-state index contributed by atoms with van der Waals surface area (Å²) in [7, 11) is 1.65. The molecule has 0 saturated heterocycles. The maximum Gasteiger partial charge on any atom is 0.122 e. The van der Waals surface area contributed by atoms with Gasteiger partial charge in [-0.3, -0.25) is 4.98 Å². The Labute approximate surface area is 103 Å². The maximum atomic E-state index is 5.19. The molecule has 0 unspecified atom stereocenters. The first-order valence-electron chi connectivity index (χ1n) is 4.79. The summed E-state index contributed by atoms with van der Waals surface area (Å²) in [4.78, 5) is 4.04. The van der Waals surface area contributed by atoms with Crippen molar-refractivity contribution in [3.63, 3.8) is 0 Å². The average Bonchev–Trinajstić information content (AvgIpc) is 2.29. The van der Waals surface area contributed by atoms with E-state index in [1.807, 2.05) is 30.3 Å². The number of nitrogens with zero attached hydrogens (tertiary/aromatic N) is 1.